The van der Waals surface area contributed by atoms with Crippen molar-refractivity contribution >= 4 is 21.5 Å². The Morgan fingerprint density at radius 1 is 0.327 bits per heavy atom. The van der Waals surface area contributed by atoms with Gasteiger partial charge in [0.2, 0.25) is 0 Å². The smallest absolute Gasteiger partial charge is 0.119 e. The molecule has 1 nitrogen and oxygen atoms in total. The van der Waals surface area contributed by atoms with Crippen LogP contribution in [-0.4, -0.2) is 7.11 Å². The van der Waals surface area contributed by atoms with E-state index in [2.05, 4.69) is 179 Å². The highest BCUT2D eigenvalue weighted by Crippen LogP contribution is 2.53. The Hall–Kier alpha value is -5.92. The first-order valence-corrected chi connectivity index (χ1v) is 18.4. The summed E-state index contributed by atoms with van der Waals surface area (Å²) in [5.41, 5.74) is 18.1. The van der Waals surface area contributed by atoms with Gasteiger partial charge in [-0.25, -0.2) is 0 Å². The van der Waals surface area contributed by atoms with Gasteiger partial charge in [0, 0.05) is 10.8 Å². The standard InChI is InChI=1S/C51H40O/c1-50(2)46-27-38(37-15-14-35-25-34(12-13-36(35)26-37)33-11-10-31-8-6-7-9-32(31)24-33)16-20-42(46)43-21-17-39(28-47(43)50)40-18-22-44-45-23-19-41(52-5)30-49(45)51(3,4)48(44)29-40/h6-30H,1-5H3. The van der Waals surface area contributed by atoms with E-state index >= 15 is 0 Å². The highest BCUT2D eigenvalue weighted by Gasteiger charge is 2.38. The first-order valence-electron chi connectivity index (χ1n) is 18.4. The van der Waals surface area contributed by atoms with E-state index < -0.39 is 0 Å². The molecule has 0 aliphatic heterocycles. The molecule has 8 aromatic rings. The first-order chi connectivity index (χ1) is 25.2. The van der Waals surface area contributed by atoms with Gasteiger partial charge in [-0.3, -0.25) is 0 Å². The fourth-order valence-corrected chi connectivity index (χ4v) is 9.09. The molecular weight excluding hydrogens is 629 g/mol. The molecule has 0 spiro atoms. The van der Waals surface area contributed by atoms with Crippen LogP contribution in [0.25, 0.3) is 77.2 Å². The molecule has 52 heavy (non-hydrogen) atoms. The zero-order valence-electron chi connectivity index (χ0n) is 30.3. The summed E-state index contributed by atoms with van der Waals surface area (Å²) in [7, 11) is 1.75. The zero-order chi connectivity index (χ0) is 35.4. The van der Waals surface area contributed by atoms with E-state index in [0.717, 1.165) is 5.75 Å². The maximum atomic E-state index is 5.59. The van der Waals surface area contributed by atoms with Crippen molar-refractivity contribution in [2.24, 2.45) is 0 Å². The molecule has 0 heterocycles. The average molecular weight is 669 g/mol. The normalized spacial score (nSPS) is 14.6. The second-order valence-corrected chi connectivity index (χ2v) is 15.8. The van der Waals surface area contributed by atoms with Crippen LogP contribution in [-0.2, 0) is 10.8 Å². The topological polar surface area (TPSA) is 9.23 Å². The SMILES string of the molecule is COc1ccc2c(c1)C(C)(C)c1cc(-c3ccc4c(c3)C(C)(C)c3cc(-c5ccc6cc(-c7ccc8ccccc8c7)ccc6c5)ccc3-4)ccc1-2. The van der Waals surface area contributed by atoms with Crippen LogP contribution in [0.1, 0.15) is 49.9 Å². The van der Waals surface area contributed by atoms with Gasteiger partial charge in [0.1, 0.15) is 5.75 Å². The maximum absolute atomic E-state index is 5.59. The van der Waals surface area contributed by atoms with Gasteiger partial charge in [0.25, 0.3) is 0 Å². The van der Waals surface area contributed by atoms with E-state index in [4.69, 9.17) is 4.74 Å². The number of ether oxygens (including phenoxy) is 1. The lowest BCUT2D eigenvalue weighted by Crippen LogP contribution is -2.15. The third kappa shape index (κ3) is 4.55. The van der Waals surface area contributed by atoms with Gasteiger partial charge in [-0.05, 0) is 148 Å². The fraction of sp³-hybridized carbons (Fsp3) is 0.137. The van der Waals surface area contributed by atoms with Crippen LogP contribution in [0.4, 0.5) is 0 Å². The summed E-state index contributed by atoms with van der Waals surface area (Å²) in [5, 5.41) is 5.06. The predicted molar refractivity (Wildman–Crippen MR) is 219 cm³/mol. The van der Waals surface area contributed by atoms with Crippen LogP contribution in [0.3, 0.4) is 0 Å². The fourth-order valence-electron chi connectivity index (χ4n) is 9.09. The molecule has 250 valence electrons. The van der Waals surface area contributed by atoms with Crippen LogP contribution in [0, 0.1) is 0 Å². The van der Waals surface area contributed by atoms with Crippen molar-refractivity contribution in [3.63, 3.8) is 0 Å². The van der Waals surface area contributed by atoms with Crippen LogP contribution in [0.5, 0.6) is 5.75 Å². The third-order valence-corrected chi connectivity index (χ3v) is 12.1. The predicted octanol–water partition coefficient (Wildman–Crippen LogP) is 13.6. The van der Waals surface area contributed by atoms with E-state index in [9.17, 15) is 0 Å². The Balaban J connectivity index is 0.969. The quantitative estimate of drug-likeness (QED) is 0.181. The summed E-state index contributed by atoms with van der Waals surface area (Å²) in [4.78, 5) is 0. The molecule has 0 fully saturated rings. The molecule has 10 rings (SSSR count). The minimum Gasteiger partial charge on any atom is -0.497 e. The van der Waals surface area contributed by atoms with Gasteiger partial charge in [-0.1, -0.05) is 131 Å². The molecule has 0 radical (unpaired) electrons. The number of hydrogen-bond acceptors (Lipinski definition) is 1. The van der Waals surface area contributed by atoms with Gasteiger partial charge < -0.3 is 4.74 Å². The Morgan fingerprint density at radius 2 is 0.654 bits per heavy atom. The minimum atomic E-state index is -0.120. The Morgan fingerprint density at radius 3 is 1.10 bits per heavy atom. The molecule has 0 atom stereocenters. The number of rotatable bonds is 4. The van der Waals surface area contributed by atoms with Crippen molar-refractivity contribution in [1.82, 2.24) is 0 Å². The van der Waals surface area contributed by atoms with Crippen LogP contribution in [0.2, 0.25) is 0 Å². The van der Waals surface area contributed by atoms with E-state index in [-0.39, 0.29) is 10.8 Å². The largest absolute Gasteiger partial charge is 0.497 e. The lowest BCUT2D eigenvalue weighted by atomic mass is 9.80. The molecular formula is C51H40O. The molecule has 2 aliphatic rings. The highest BCUT2D eigenvalue weighted by atomic mass is 16.5. The van der Waals surface area contributed by atoms with E-state index in [1.807, 2.05) is 0 Å². The second-order valence-electron chi connectivity index (χ2n) is 15.8. The second kappa shape index (κ2) is 11.0. The summed E-state index contributed by atoms with van der Waals surface area (Å²) >= 11 is 0. The number of hydrogen-bond donors (Lipinski definition) is 0. The van der Waals surface area contributed by atoms with Crippen molar-refractivity contribution in [3.8, 4) is 61.4 Å². The number of methoxy groups -OCH3 is 1. The molecule has 0 saturated carbocycles. The van der Waals surface area contributed by atoms with Crippen molar-refractivity contribution in [2.75, 3.05) is 7.11 Å². The molecule has 0 bridgehead atoms. The Kier molecular flexibility index (Phi) is 6.55. The van der Waals surface area contributed by atoms with E-state index in [1.54, 1.807) is 7.11 Å². The Bertz CT molecular complexity index is 2780. The lowest BCUT2D eigenvalue weighted by molar-refractivity contribution is 0.413. The molecule has 0 saturated heterocycles. The number of benzene rings is 8. The summed E-state index contributed by atoms with van der Waals surface area (Å²) in [6.45, 7) is 9.44. The molecule has 2 aliphatic carbocycles. The molecule has 8 aromatic carbocycles. The van der Waals surface area contributed by atoms with Gasteiger partial charge in [0.15, 0.2) is 0 Å². The summed E-state index contributed by atoms with van der Waals surface area (Å²) in [6.07, 6.45) is 0. The molecule has 0 N–H and O–H groups in total. The Labute approximate surface area is 306 Å². The van der Waals surface area contributed by atoms with Crippen LogP contribution in [0.15, 0.2) is 152 Å². The third-order valence-electron chi connectivity index (χ3n) is 12.1. The number of fused-ring (bicyclic) bond motifs is 8. The molecule has 1 heteroatoms. The van der Waals surface area contributed by atoms with Crippen molar-refractivity contribution in [3.05, 3.63) is 174 Å². The van der Waals surface area contributed by atoms with Crippen molar-refractivity contribution in [1.29, 1.82) is 0 Å². The first kappa shape index (κ1) is 30.9. The van der Waals surface area contributed by atoms with Crippen LogP contribution < -0.4 is 4.74 Å². The summed E-state index contributed by atoms with van der Waals surface area (Å²) < 4.78 is 5.59. The summed E-state index contributed by atoms with van der Waals surface area (Å²) in [6, 6.07) is 56.8. The molecule has 0 unspecified atom stereocenters. The summed E-state index contributed by atoms with van der Waals surface area (Å²) in [5.74, 6) is 0.912. The van der Waals surface area contributed by atoms with Gasteiger partial charge >= 0.3 is 0 Å². The van der Waals surface area contributed by atoms with E-state index in [0.29, 0.717) is 0 Å². The zero-order valence-corrected chi connectivity index (χ0v) is 30.3. The average Bonchev–Trinajstić information content (AvgIpc) is 3.55. The van der Waals surface area contributed by atoms with Crippen LogP contribution >= 0.6 is 0 Å². The van der Waals surface area contributed by atoms with Gasteiger partial charge in [0.05, 0.1) is 7.11 Å². The monoisotopic (exact) mass is 668 g/mol. The maximum Gasteiger partial charge on any atom is 0.119 e. The highest BCUT2D eigenvalue weighted by molar-refractivity contribution is 5.94. The molecule has 0 amide bonds. The minimum absolute atomic E-state index is 0.0971. The van der Waals surface area contributed by atoms with Crippen molar-refractivity contribution < 1.29 is 4.74 Å². The van der Waals surface area contributed by atoms with Gasteiger partial charge in [-0.15, -0.1) is 0 Å². The van der Waals surface area contributed by atoms with Gasteiger partial charge in [-0.2, -0.15) is 0 Å². The molecule has 0 aromatic heterocycles. The van der Waals surface area contributed by atoms with Crippen molar-refractivity contribution in [2.45, 2.75) is 38.5 Å². The lowest BCUT2D eigenvalue weighted by Gasteiger charge is -2.24. The van der Waals surface area contributed by atoms with E-state index in [1.165, 1.54) is 99.4 Å².